The van der Waals surface area contributed by atoms with Gasteiger partial charge in [-0.25, -0.2) is 0 Å². The first-order valence-corrected chi connectivity index (χ1v) is 6.84. The molecule has 2 rings (SSSR count). The van der Waals surface area contributed by atoms with Crippen LogP contribution in [0.1, 0.15) is 11.1 Å². The summed E-state index contributed by atoms with van der Waals surface area (Å²) in [6, 6.07) is 6.24. The standard InChI is InChI=1S/C15H23N3O/c1-12-8-13(2)10-14(9-12)17(3)15(19)11-18-6-4-16-5-7-18/h8-10,16H,4-7,11H2,1-3H3. The fourth-order valence-electron chi connectivity index (χ4n) is 2.45. The first-order valence-electron chi connectivity index (χ1n) is 6.84. The summed E-state index contributed by atoms with van der Waals surface area (Å²) in [4.78, 5) is 16.3. The Kier molecular flexibility index (Phi) is 4.56. The minimum Gasteiger partial charge on any atom is -0.314 e. The first-order chi connectivity index (χ1) is 9.06. The number of carbonyl (C=O) groups is 1. The third-order valence-electron chi connectivity index (χ3n) is 3.54. The molecule has 0 aromatic heterocycles. The van der Waals surface area contributed by atoms with Gasteiger partial charge in [-0.15, -0.1) is 0 Å². The Morgan fingerprint density at radius 3 is 2.37 bits per heavy atom. The topological polar surface area (TPSA) is 35.6 Å². The highest BCUT2D eigenvalue weighted by molar-refractivity contribution is 5.94. The zero-order valence-corrected chi connectivity index (χ0v) is 12.1. The molecule has 1 heterocycles. The molecule has 104 valence electrons. The van der Waals surface area contributed by atoms with Crippen molar-refractivity contribution in [3.05, 3.63) is 29.3 Å². The van der Waals surface area contributed by atoms with Crippen LogP contribution in [0.15, 0.2) is 18.2 Å². The lowest BCUT2D eigenvalue weighted by Crippen LogP contribution is -2.47. The number of likely N-dealkylation sites (N-methyl/N-ethyl adjacent to an activating group) is 1. The molecule has 19 heavy (non-hydrogen) atoms. The SMILES string of the molecule is Cc1cc(C)cc(N(C)C(=O)CN2CCNCC2)c1. The van der Waals surface area contributed by atoms with Gasteiger partial charge in [0, 0.05) is 38.9 Å². The molecule has 4 heteroatoms. The molecule has 1 fully saturated rings. The number of anilines is 1. The Bertz CT molecular complexity index is 432. The molecule has 1 aliphatic heterocycles. The minimum atomic E-state index is 0.159. The van der Waals surface area contributed by atoms with Gasteiger partial charge >= 0.3 is 0 Å². The summed E-state index contributed by atoms with van der Waals surface area (Å²) >= 11 is 0. The summed E-state index contributed by atoms with van der Waals surface area (Å²) in [5, 5.41) is 3.30. The average molecular weight is 261 g/mol. The van der Waals surface area contributed by atoms with Crippen molar-refractivity contribution in [1.29, 1.82) is 0 Å². The highest BCUT2D eigenvalue weighted by Gasteiger charge is 2.17. The summed E-state index contributed by atoms with van der Waals surface area (Å²) in [5.41, 5.74) is 3.37. The van der Waals surface area contributed by atoms with Crippen molar-refractivity contribution in [1.82, 2.24) is 10.2 Å². The number of nitrogens with zero attached hydrogens (tertiary/aromatic N) is 2. The van der Waals surface area contributed by atoms with Crippen molar-refractivity contribution < 1.29 is 4.79 Å². The van der Waals surface area contributed by atoms with Crippen LogP contribution in [0, 0.1) is 13.8 Å². The lowest BCUT2D eigenvalue weighted by molar-refractivity contribution is -0.119. The molecule has 1 amide bonds. The minimum absolute atomic E-state index is 0.159. The van der Waals surface area contributed by atoms with Crippen molar-refractivity contribution in [3.63, 3.8) is 0 Å². The van der Waals surface area contributed by atoms with Crippen LogP contribution in [-0.4, -0.2) is 50.6 Å². The molecule has 0 unspecified atom stereocenters. The zero-order valence-electron chi connectivity index (χ0n) is 12.1. The smallest absolute Gasteiger partial charge is 0.240 e. The van der Waals surface area contributed by atoms with Gasteiger partial charge < -0.3 is 10.2 Å². The second-order valence-corrected chi connectivity index (χ2v) is 5.32. The number of hydrogen-bond acceptors (Lipinski definition) is 3. The number of aryl methyl sites for hydroxylation is 2. The zero-order chi connectivity index (χ0) is 13.8. The van der Waals surface area contributed by atoms with Gasteiger partial charge in [0.2, 0.25) is 5.91 Å². The van der Waals surface area contributed by atoms with E-state index in [1.54, 1.807) is 4.90 Å². The van der Waals surface area contributed by atoms with E-state index in [1.807, 2.05) is 7.05 Å². The number of nitrogens with one attached hydrogen (secondary N) is 1. The highest BCUT2D eigenvalue weighted by Crippen LogP contribution is 2.17. The van der Waals surface area contributed by atoms with Crippen LogP contribution in [0.25, 0.3) is 0 Å². The van der Waals surface area contributed by atoms with E-state index >= 15 is 0 Å². The van der Waals surface area contributed by atoms with Crippen LogP contribution >= 0.6 is 0 Å². The predicted molar refractivity (Wildman–Crippen MR) is 78.6 cm³/mol. The fraction of sp³-hybridized carbons (Fsp3) is 0.533. The van der Waals surface area contributed by atoms with Gasteiger partial charge in [0.25, 0.3) is 0 Å². The summed E-state index contributed by atoms with van der Waals surface area (Å²) in [6.07, 6.45) is 0. The number of hydrogen-bond donors (Lipinski definition) is 1. The van der Waals surface area contributed by atoms with Gasteiger partial charge in [-0.2, -0.15) is 0 Å². The molecule has 1 aromatic carbocycles. The van der Waals surface area contributed by atoms with Crippen LogP contribution in [0.3, 0.4) is 0 Å². The largest absolute Gasteiger partial charge is 0.314 e. The number of carbonyl (C=O) groups excluding carboxylic acids is 1. The third-order valence-corrected chi connectivity index (χ3v) is 3.54. The normalized spacial score (nSPS) is 16.4. The lowest BCUT2D eigenvalue weighted by Gasteiger charge is -2.28. The maximum atomic E-state index is 12.3. The van der Waals surface area contributed by atoms with Gasteiger partial charge in [0.1, 0.15) is 0 Å². The van der Waals surface area contributed by atoms with Gasteiger partial charge in [-0.3, -0.25) is 9.69 Å². The van der Waals surface area contributed by atoms with E-state index in [0.29, 0.717) is 6.54 Å². The molecule has 0 atom stereocenters. The van der Waals surface area contributed by atoms with Crippen molar-refractivity contribution >= 4 is 11.6 Å². The van der Waals surface area contributed by atoms with E-state index in [1.165, 1.54) is 11.1 Å². The maximum Gasteiger partial charge on any atom is 0.240 e. The summed E-state index contributed by atoms with van der Waals surface area (Å²) < 4.78 is 0. The van der Waals surface area contributed by atoms with Gasteiger partial charge in [0.05, 0.1) is 6.54 Å². The van der Waals surface area contributed by atoms with Crippen molar-refractivity contribution in [2.75, 3.05) is 44.7 Å². The van der Waals surface area contributed by atoms with E-state index in [4.69, 9.17) is 0 Å². The van der Waals surface area contributed by atoms with E-state index in [2.05, 4.69) is 42.3 Å². The Balaban J connectivity index is 2.01. The molecular weight excluding hydrogens is 238 g/mol. The summed E-state index contributed by atoms with van der Waals surface area (Å²) in [5.74, 6) is 0.159. The van der Waals surface area contributed by atoms with E-state index in [0.717, 1.165) is 31.9 Å². The highest BCUT2D eigenvalue weighted by atomic mass is 16.2. The Morgan fingerprint density at radius 1 is 1.21 bits per heavy atom. The quantitative estimate of drug-likeness (QED) is 0.887. The van der Waals surface area contributed by atoms with Crippen molar-refractivity contribution in [2.24, 2.45) is 0 Å². The number of amides is 1. The van der Waals surface area contributed by atoms with E-state index in [-0.39, 0.29) is 5.91 Å². The fourth-order valence-corrected chi connectivity index (χ4v) is 2.45. The number of rotatable bonds is 3. The molecule has 1 saturated heterocycles. The molecule has 1 aliphatic rings. The van der Waals surface area contributed by atoms with Crippen LogP contribution < -0.4 is 10.2 Å². The number of piperazine rings is 1. The van der Waals surface area contributed by atoms with Crippen LogP contribution in [-0.2, 0) is 4.79 Å². The molecule has 1 N–H and O–H groups in total. The van der Waals surface area contributed by atoms with Gasteiger partial charge in [0.15, 0.2) is 0 Å². The Labute approximate surface area is 115 Å². The molecule has 4 nitrogen and oxygen atoms in total. The lowest BCUT2D eigenvalue weighted by atomic mass is 10.1. The second-order valence-electron chi connectivity index (χ2n) is 5.32. The van der Waals surface area contributed by atoms with Crippen molar-refractivity contribution in [3.8, 4) is 0 Å². The monoisotopic (exact) mass is 261 g/mol. The molecule has 0 spiro atoms. The second kappa shape index (κ2) is 6.17. The van der Waals surface area contributed by atoms with Crippen LogP contribution in [0.5, 0.6) is 0 Å². The van der Waals surface area contributed by atoms with Gasteiger partial charge in [-0.1, -0.05) is 6.07 Å². The Hall–Kier alpha value is -1.39. The van der Waals surface area contributed by atoms with Crippen LogP contribution in [0.2, 0.25) is 0 Å². The summed E-state index contributed by atoms with van der Waals surface area (Å²) in [7, 11) is 1.86. The molecule has 0 radical (unpaired) electrons. The number of benzene rings is 1. The van der Waals surface area contributed by atoms with Gasteiger partial charge in [-0.05, 0) is 37.1 Å². The van der Waals surface area contributed by atoms with Crippen molar-refractivity contribution in [2.45, 2.75) is 13.8 Å². The van der Waals surface area contributed by atoms with E-state index < -0.39 is 0 Å². The molecule has 0 saturated carbocycles. The first kappa shape index (κ1) is 14.0. The average Bonchev–Trinajstić information content (AvgIpc) is 2.37. The third kappa shape index (κ3) is 3.78. The Morgan fingerprint density at radius 2 is 1.79 bits per heavy atom. The molecule has 0 aliphatic carbocycles. The summed E-state index contributed by atoms with van der Waals surface area (Å²) in [6.45, 7) is 8.47. The van der Waals surface area contributed by atoms with Crippen LogP contribution in [0.4, 0.5) is 5.69 Å². The molecule has 0 bridgehead atoms. The predicted octanol–water partition coefficient (Wildman–Crippen LogP) is 1.17. The molecule has 1 aromatic rings. The molecular formula is C15H23N3O. The van der Waals surface area contributed by atoms with E-state index in [9.17, 15) is 4.79 Å². The maximum absolute atomic E-state index is 12.3.